The first-order valence-corrected chi connectivity index (χ1v) is 12.6. The summed E-state index contributed by atoms with van der Waals surface area (Å²) in [6.45, 7) is 13.4. The second-order valence-electron chi connectivity index (χ2n) is 10.7. The predicted molar refractivity (Wildman–Crippen MR) is 144 cm³/mol. The number of fused-ring (bicyclic) bond motifs is 1. The molecule has 0 radical (unpaired) electrons. The maximum atomic E-state index is 15.1. The van der Waals surface area contributed by atoms with E-state index in [0.717, 1.165) is 5.39 Å². The fraction of sp³-hybridized carbons (Fsp3) is 0.393. The van der Waals surface area contributed by atoms with E-state index in [9.17, 15) is 14.4 Å². The molecule has 1 atom stereocenters. The molecular weight excluding hydrogens is 487 g/mol. The van der Waals surface area contributed by atoms with Gasteiger partial charge in [0.15, 0.2) is 0 Å². The van der Waals surface area contributed by atoms with Gasteiger partial charge in [0.05, 0.1) is 11.6 Å². The van der Waals surface area contributed by atoms with Crippen molar-refractivity contribution in [1.82, 2.24) is 24.3 Å². The summed E-state index contributed by atoms with van der Waals surface area (Å²) < 4.78 is 16.7. The van der Waals surface area contributed by atoms with Gasteiger partial charge in [-0.25, -0.2) is 9.37 Å². The molecule has 1 aliphatic heterocycles. The van der Waals surface area contributed by atoms with E-state index >= 15 is 4.39 Å². The van der Waals surface area contributed by atoms with Crippen molar-refractivity contribution in [3.8, 4) is 0 Å². The smallest absolute Gasteiger partial charge is 0.256 e. The Labute approximate surface area is 221 Å². The number of halogens is 1. The molecule has 9 nitrogen and oxygen atoms in total. The van der Waals surface area contributed by atoms with Gasteiger partial charge in [-0.05, 0) is 42.2 Å². The van der Waals surface area contributed by atoms with Crippen molar-refractivity contribution in [2.45, 2.75) is 40.3 Å². The van der Waals surface area contributed by atoms with Crippen molar-refractivity contribution in [3.63, 3.8) is 0 Å². The summed E-state index contributed by atoms with van der Waals surface area (Å²) in [6.07, 6.45) is 2.90. The molecule has 1 N–H and O–H groups in total. The van der Waals surface area contributed by atoms with E-state index in [2.05, 4.69) is 21.9 Å². The number of nitrogens with zero attached hydrogens (tertiary/aromatic N) is 5. The van der Waals surface area contributed by atoms with Crippen molar-refractivity contribution in [2.75, 3.05) is 31.5 Å². The second kappa shape index (κ2) is 10.7. The van der Waals surface area contributed by atoms with Crippen LogP contribution in [-0.4, -0.2) is 62.3 Å². The highest BCUT2D eigenvalue weighted by atomic mass is 19.1. The minimum atomic E-state index is -0.621. The van der Waals surface area contributed by atoms with Crippen LogP contribution in [0.4, 0.5) is 10.3 Å². The molecule has 2 amide bonds. The van der Waals surface area contributed by atoms with Crippen molar-refractivity contribution in [3.05, 3.63) is 76.5 Å². The lowest BCUT2D eigenvalue weighted by molar-refractivity contribution is -0.127. The van der Waals surface area contributed by atoms with Crippen molar-refractivity contribution < 1.29 is 14.0 Å². The summed E-state index contributed by atoms with van der Waals surface area (Å²) >= 11 is 0. The minimum Gasteiger partial charge on any atom is -0.348 e. The normalized spacial score (nSPS) is 14.9. The average Bonchev–Trinajstić information content (AvgIpc) is 2.89. The Bertz CT molecular complexity index is 1440. The van der Waals surface area contributed by atoms with Crippen molar-refractivity contribution in [1.29, 1.82) is 0 Å². The van der Waals surface area contributed by atoms with E-state index in [1.54, 1.807) is 32.7 Å². The number of benzene rings is 1. The lowest BCUT2D eigenvalue weighted by Gasteiger charge is -2.34. The first-order valence-electron chi connectivity index (χ1n) is 12.6. The van der Waals surface area contributed by atoms with E-state index in [0.29, 0.717) is 49.9 Å². The van der Waals surface area contributed by atoms with Crippen LogP contribution in [0.3, 0.4) is 0 Å². The molecule has 0 bridgehead atoms. The molecule has 0 saturated carbocycles. The molecule has 3 aromatic rings. The van der Waals surface area contributed by atoms with E-state index in [1.807, 2.05) is 27.7 Å². The number of pyridine rings is 1. The van der Waals surface area contributed by atoms with Crippen LogP contribution in [0.25, 0.3) is 11.0 Å². The number of anilines is 1. The Morgan fingerprint density at radius 1 is 1.13 bits per heavy atom. The molecule has 1 saturated heterocycles. The summed E-state index contributed by atoms with van der Waals surface area (Å²) in [4.78, 5) is 49.4. The van der Waals surface area contributed by atoms with Crippen LogP contribution in [-0.2, 0) is 11.3 Å². The number of hydrogen-bond acceptors (Lipinski definition) is 6. The summed E-state index contributed by atoms with van der Waals surface area (Å²) in [5, 5.41) is 3.92. The van der Waals surface area contributed by atoms with E-state index in [-0.39, 0.29) is 28.5 Å². The van der Waals surface area contributed by atoms with Crippen LogP contribution in [0.15, 0.2) is 54.0 Å². The lowest BCUT2D eigenvalue weighted by Crippen LogP contribution is -2.50. The van der Waals surface area contributed by atoms with Gasteiger partial charge in [0.2, 0.25) is 11.9 Å². The summed E-state index contributed by atoms with van der Waals surface area (Å²) in [5.41, 5.74) is 0.860. The molecule has 0 spiro atoms. The molecular formula is C28H33FN6O3. The number of aromatic nitrogens is 3. The van der Waals surface area contributed by atoms with Gasteiger partial charge >= 0.3 is 0 Å². The van der Waals surface area contributed by atoms with Crippen LogP contribution in [0, 0.1) is 11.2 Å². The molecule has 1 fully saturated rings. The van der Waals surface area contributed by atoms with Gasteiger partial charge in [0.1, 0.15) is 11.5 Å². The highest BCUT2D eigenvalue weighted by molar-refractivity contribution is 5.95. The monoisotopic (exact) mass is 520 g/mol. The number of nitrogens with one attached hydrogen (secondary N) is 1. The SMILES string of the molecule is C=CC(=O)N1CCN(C(=O)c2ccc(C(C)Nc3ncc4ccc(=O)n(CC(C)(C)C)c4n3)cc2F)CC1. The Morgan fingerprint density at radius 3 is 2.45 bits per heavy atom. The van der Waals surface area contributed by atoms with Crippen LogP contribution in [0.2, 0.25) is 0 Å². The van der Waals surface area contributed by atoms with Gasteiger partial charge in [0, 0.05) is 50.4 Å². The zero-order chi connectivity index (χ0) is 27.6. The maximum Gasteiger partial charge on any atom is 0.256 e. The van der Waals surface area contributed by atoms with Crippen LogP contribution < -0.4 is 10.9 Å². The molecule has 4 rings (SSSR count). The molecule has 200 valence electrons. The van der Waals surface area contributed by atoms with Gasteiger partial charge in [-0.3, -0.25) is 19.0 Å². The zero-order valence-corrected chi connectivity index (χ0v) is 22.2. The molecule has 1 unspecified atom stereocenters. The number of hydrogen-bond donors (Lipinski definition) is 1. The highest BCUT2D eigenvalue weighted by Gasteiger charge is 2.26. The number of piperazine rings is 1. The third kappa shape index (κ3) is 5.90. The fourth-order valence-electron chi connectivity index (χ4n) is 4.45. The molecule has 1 aliphatic rings. The third-order valence-corrected chi connectivity index (χ3v) is 6.48. The molecule has 10 heteroatoms. The highest BCUT2D eigenvalue weighted by Crippen LogP contribution is 2.23. The van der Waals surface area contributed by atoms with Gasteiger partial charge in [-0.1, -0.05) is 33.4 Å². The van der Waals surface area contributed by atoms with E-state index in [1.165, 1.54) is 24.3 Å². The standard InChI is InChI=1S/C28H33FN6O3/c1-6-23(36)33-11-13-34(14-12-33)26(38)21-9-7-19(15-22(21)29)18(2)31-27-30-16-20-8-10-24(37)35(25(20)32-27)17-28(3,4)5/h6-10,15-16,18H,1,11-14,17H2,2-5H3,(H,30,31,32). The second-order valence-corrected chi connectivity index (χ2v) is 10.7. The Morgan fingerprint density at radius 2 is 1.82 bits per heavy atom. The molecule has 38 heavy (non-hydrogen) atoms. The summed E-state index contributed by atoms with van der Waals surface area (Å²) in [7, 11) is 0. The predicted octanol–water partition coefficient (Wildman–Crippen LogP) is 3.62. The molecule has 2 aromatic heterocycles. The number of rotatable bonds is 6. The van der Waals surface area contributed by atoms with Gasteiger partial charge in [0.25, 0.3) is 11.5 Å². The van der Waals surface area contributed by atoms with Gasteiger partial charge in [-0.2, -0.15) is 4.98 Å². The van der Waals surface area contributed by atoms with E-state index < -0.39 is 11.7 Å². The molecule has 0 aliphatic carbocycles. The van der Waals surface area contributed by atoms with Crippen LogP contribution in [0.5, 0.6) is 0 Å². The topological polar surface area (TPSA) is 100 Å². The number of carbonyl (C=O) groups excluding carboxylic acids is 2. The molecule has 3 heterocycles. The Balaban J connectivity index is 1.49. The number of amides is 2. The summed E-state index contributed by atoms with van der Waals surface area (Å²) in [5.74, 6) is -0.896. The van der Waals surface area contributed by atoms with Crippen molar-refractivity contribution in [2.24, 2.45) is 5.41 Å². The average molecular weight is 521 g/mol. The zero-order valence-electron chi connectivity index (χ0n) is 22.2. The maximum absolute atomic E-state index is 15.1. The Hall–Kier alpha value is -4.08. The third-order valence-electron chi connectivity index (χ3n) is 6.48. The van der Waals surface area contributed by atoms with Crippen LogP contribution >= 0.6 is 0 Å². The number of carbonyl (C=O) groups is 2. The minimum absolute atomic E-state index is 0.0161. The Kier molecular flexibility index (Phi) is 7.61. The first-order chi connectivity index (χ1) is 18.0. The van der Waals surface area contributed by atoms with Gasteiger partial charge < -0.3 is 15.1 Å². The van der Waals surface area contributed by atoms with Crippen LogP contribution in [0.1, 0.15) is 49.7 Å². The van der Waals surface area contributed by atoms with Gasteiger partial charge in [-0.15, -0.1) is 0 Å². The quantitative estimate of drug-likeness (QED) is 0.499. The fourth-order valence-corrected chi connectivity index (χ4v) is 4.45. The van der Waals surface area contributed by atoms with Crippen molar-refractivity contribution >= 4 is 28.8 Å². The summed E-state index contributed by atoms with van der Waals surface area (Å²) in [6, 6.07) is 7.35. The van der Waals surface area contributed by atoms with E-state index in [4.69, 9.17) is 0 Å². The largest absolute Gasteiger partial charge is 0.348 e. The molecule has 1 aromatic carbocycles. The first kappa shape index (κ1) is 27.0. The lowest BCUT2D eigenvalue weighted by atomic mass is 9.97.